The first-order valence-corrected chi connectivity index (χ1v) is 6.67. The smallest absolute Gasteiger partial charge is 0.287 e. The van der Waals surface area contributed by atoms with Crippen molar-refractivity contribution in [1.82, 2.24) is 14.9 Å². The Morgan fingerprint density at radius 1 is 1.37 bits per heavy atom. The lowest BCUT2D eigenvalue weighted by Gasteiger charge is -2.23. The van der Waals surface area contributed by atoms with Crippen LogP contribution in [0.15, 0.2) is 12.4 Å². The molecule has 0 saturated heterocycles. The van der Waals surface area contributed by atoms with E-state index in [1.54, 1.807) is 24.0 Å². The summed E-state index contributed by atoms with van der Waals surface area (Å²) in [5, 5.41) is 2.91. The number of nitrogens with two attached hydrogens (primary N) is 1. The van der Waals surface area contributed by atoms with E-state index in [4.69, 9.17) is 5.73 Å². The molecule has 6 heteroatoms. The van der Waals surface area contributed by atoms with Crippen LogP contribution in [-0.2, 0) is 11.8 Å². The Labute approximate surface area is 112 Å². The average Bonchev–Trinajstić information content (AvgIpc) is 2.65. The largest absolute Gasteiger partial charge is 0.369 e. The molecule has 1 aliphatic rings. The summed E-state index contributed by atoms with van der Waals surface area (Å²) < 4.78 is 1.66. The van der Waals surface area contributed by atoms with Crippen molar-refractivity contribution in [3.63, 3.8) is 0 Å². The summed E-state index contributed by atoms with van der Waals surface area (Å²) in [6.45, 7) is 0. The van der Waals surface area contributed by atoms with Crippen LogP contribution in [0.3, 0.4) is 0 Å². The summed E-state index contributed by atoms with van der Waals surface area (Å²) in [6, 6.07) is -0.177. The Bertz CT molecular complexity index is 469. The molecule has 6 nitrogen and oxygen atoms in total. The number of aryl methyl sites for hydroxylation is 1. The van der Waals surface area contributed by atoms with Gasteiger partial charge in [0.25, 0.3) is 5.91 Å². The van der Waals surface area contributed by atoms with Gasteiger partial charge in [-0.05, 0) is 12.8 Å². The van der Waals surface area contributed by atoms with Gasteiger partial charge < -0.3 is 15.6 Å². The van der Waals surface area contributed by atoms with Crippen molar-refractivity contribution in [2.24, 2.45) is 18.7 Å². The summed E-state index contributed by atoms with van der Waals surface area (Å²) in [7, 11) is 1.76. The minimum absolute atomic E-state index is 0.177. The molecule has 1 aliphatic carbocycles. The highest BCUT2D eigenvalue weighted by Gasteiger charge is 2.30. The molecule has 2 rings (SSSR count). The van der Waals surface area contributed by atoms with Crippen molar-refractivity contribution in [2.45, 2.75) is 38.1 Å². The van der Waals surface area contributed by atoms with Gasteiger partial charge in [-0.25, -0.2) is 4.98 Å². The summed E-state index contributed by atoms with van der Waals surface area (Å²) in [5.74, 6) is -0.489. The Kier molecular flexibility index (Phi) is 4.19. The number of hydrogen-bond donors (Lipinski definition) is 2. The van der Waals surface area contributed by atoms with E-state index in [0.717, 1.165) is 32.1 Å². The highest BCUT2D eigenvalue weighted by Crippen LogP contribution is 2.23. The molecule has 0 spiro atoms. The SMILES string of the molecule is Cn1ccnc1C(=O)N[C@H]1CCCCC[C@@H]1C(N)=O. The molecular weight excluding hydrogens is 244 g/mol. The van der Waals surface area contributed by atoms with Crippen molar-refractivity contribution in [3.05, 3.63) is 18.2 Å². The fourth-order valence-corrected chi connectivity index (χ4v) is 2.64. The molecular formula is C13H20N4O2. The van der Waals surface area contributed by atoms with Gasteiger partial charge >= 0.3 is 0 Å². The van der Waals surface area contributed by atoms with Gasteiger partial charge in [-0.2, -0.15) is 0 Å². The Morgan fingerprint density at radius 2 is 2.11 bits per heavy atom. The predicted octanol–water partition coefficient (Wildman–Crippen LogP) is 0.584. The highest BCUT2D eigenvalue weighted by molar-refractivity contribution is 5.91. The number of nitrogens with one attached hydrogen (secondary N) is 1. The lowest BCUT2D eigenvalue weighted by molar-refractivity contribution is -0.122. The molecule has 0 unspecified atom stereocenters. The number of primary amides is 1. The topological polar surface area (TPSA) is 90.0 Å². The molecule has 104 valence electrons. The predicted molar refractivity (Wildman–Crippen MR) is 70.2 cm³/mol. The number of carbonyl (C=O) groups excluding carboxylic acids is 2. The van der Waals surface area contributed by atoms with E-state index in [1.165, 1.54) is 0 Å². The molecule has 1 heterocycles. The normalized spacial score (nSPS) is 23.6. The van der Waals surface area contributed by atoms with Crippen molar-refractivity contribution >= 4 is 11.8 Å². The molecule has 1 saturated carbocycles. The van der Waals surface area contributed by atoms with Crippen LogP contribution in [0.2, 0.25) is 0 Å². The Morgan fingerprint density at radius 3 is 2.74 bits per heavy atom. The number of carbonyl (C=O) groups is 2. The maximum atomic E-state index is 12.1. The number of rotatable bonds is 3. The minimum atomic E-state index is -0.327. The van der Waals surface area contributed by atoms with Crippen molar-refractivity contribution in [1.29, 1.82) is 0 Å². The van der Waals surface area contributed by atoms with E-state index in [1.807, 2.05) is 0 Å². The number of hydrogen-bond acceptors (Lipinski definition) is 3. The Hall–Kier alpha value is -1.85. The van der Waals surface area contributed by atoms with E-state index in [9.17, 15) is 9.59 Å². The van der Waals surface area contributed by atoms with Crippen LogP contribution in [0.5, 0.6) is 0 Å². The van der Waals surface area contributed by atoms with Gasteiger partial charge in [-0.3, -0.25) is 9.59 Å². The molecule has 1 aromatic rings. The van der Waals surface area contributed by atoms with Crippen LogP contribution in [0.25, 0.3) is 0 Å². The van der Waals surface area contributed by atoms with Crippen LogP contribution in [0, 0.1) is 5.92 Å². The first-order valence-electron chi connectivity index (χ1n) is 6.67. The zero-order chi connectivity index (χ0) is 13.8. The van der Waals surface area contributed by atoms with Gasteiger partial charge in [0, 0.05) is 25.5 Å². The number of nitrogens with zero attached hydrogens (tertiary/aromatic N) is 2. The Balaban J connectivity index is 2.08. The maximum absolute atomic E-state index is 12.1. The van der Waals surface area contributed by atoms with Crippen LogP contribution in [0.4, 0.5) is 0 Å². The minimum Gasteiger partial charge on any atom is -0.369 e. The summed E-state index contributed by atoms with van der Waals surface area (Å²) >= 11 is 0. The molecule has 3 N–H and O–H groups in total. The van der Waals surface area contributed by atoms with Gasteiger partial charge in [0.15, 0.2) is 5.82 Å². The molecule has 19 heavy (non-hydrogen) atoms. The third-order valence-electron chi connectivity index (χ3n) is 3.72. The fraction of sp³-hybridized carbons (Fsp3) is 0.615. The molecule has 0 aromatic carbocycles. The van der Waals surface area contributed by atoms with Gasteiger partial charge in [0.2, 0.25) is 5.91 Å². The second-order valence-electron chi connectivity index (χ2n) is 5.09. The third kappa shape index (κ3) is 3.13. The summed E-state index contributed by atoms with van der Waals surface area (Å²) in [6.07, 6.45) is 7.92. The quantitative estimate of drug-likeness (QED) is 0.783. The molecule has 2 amide bonds. The number of amides is 2. The molecule has 1 aromatic heterocycles. The summed E-state index contributed by atoms with van der Waals surface area (Å²) in [5.41, 5.74) is 5.44. The van der Waals surface area contributed by atoms with E-state index >= 15 is 0 Å². The van der Waals surface area contributed by atoms with Crippen molar-refractivity contribution < 1.29 is 9.59 Å². The standard InChI is InChI=1S/C13H20N4O2/c1-17-8-7-15-12(17)13(19)16-10-6-4-2-3-5-9(10)11(14)18/h7-10H,2-6H2,1H3,(H2,14,18)(H,16,19)/t9-,10-/m0/s1. The van der Waals surface area contributed by atoms with Crippen LogP contribution < -0.4 is 11.1 Å². The van der Waals surface area contributed by atoms with E-state index < -0.39 is 0 Å². The van der Waals surface area contributed by atoms with E-state index in [-0.39, 0.29) is 23.8 Å². The van der Waals surface area contributed by atoms with Gasteiger partial charge in [-0.1, -0.05) is 19.3 Å². The summed E-state index contributed by atoms with van der Waals surface area (Å²) in [4.78, 5) is 27.6. The highest BCUT2D eigenvalue weighted by atomic mass is 16.2. The van der Waals surface area contributed by atoms with Crippen LogP contribution in [-0.4, -0.2) is 27.4 Å². The molecule has 0 aliphatic heterocycles. The first kappa shape index (κ1) is 13.6. The zero-order valence-corrected chi connectivity index (χ0v) is 11.1. The van der Waals surface area contributed by atoms with E-state index in [0.29, 0.717) is 5.82 Å². The van der Waals surface area contributed by atoms with Crippen molar-refractivity contribution in [3.8, 4) is 0 Å². The molecule has 0 bridgehead atoms. The van der Waals surface area contributed by atoms with Crippen molar-refractivity contribution in [2.75, 3.05) is 0 Å². The monoisotopic (exact) mass is 264 g/mol. The van der Waals surface area contributed by atoms with Crippen LogP contribution in [0.1, 0.15) is 42.7 Å². The maximum Gasteiger partial charge on any atom is 0.287 e. The average molecular weight is 264 g/mol. The first-order chi connectivity index (χ1) is 9.09. The number of aromatic nitrogens is 2. The lowest BCUT2D eigenvalue weighted by atomic mass is 9.94. The molecule has 0 radical (unpaired) electrons. The second kappa shape index (κ2) is 5.86. The van der Waals surface area contributed by atoms with E-state index in [2.05, 4.69) is 10.3 Å². The zero-order valence-electron chi connectivity index (χ0n) is 11.1. The molecule has 2 atom stereocenters. The number of imidazole rings is 1. The second-order valence-corrected chi connectivity index (χ2v) is 5.09. The van der Waals surface area contributed by atoms with Gasteiger partial charge in [-0.15, -0.1) is 0 Å². The molecule has 1 fully saturated rings. The third-order valence-corrected chi connectivity index (χ3v) is 3.72. The van der Waals surface area contributed by atoms with Gasteiger partial charge in [0.1, 0.15) is 0 Å². The van der Waals surface area contributed by atoms with Crippen LogP contribution >= 0.6 is 0 Å². The van der Waals surface area contributed by atoms with Gasteiger partial charge in [0.05, 0.1) is 5.92 Å². The fourth-order valence-electron chi connectivity index (χ4n) is 2.64. The lowest BCUT2D eigenvalue weighted by Crippen LogP contribution is -2.45.